The van der Waals surface area contributed by atoms with Gasteiger partial charge in [-0.05, 0) is 43.7 Å². The van der Waals surface area contributed by atoms with Crippen molar-refractivity contribution >= 4 is 23.4 Å². The van der Waals surface area contributed by atoms with Crippen molar-refractivity contribution in [2.24, 2.45) is 0 Å². The van der Waals surface area contributed by atoms with Gasteiger partial charge >= 0.3 is 0 Å². The van der Waals surface area contributed by atoms with Gasteiger partial charge in [-0.3, -0.25) is 4.98 Å². The third-order valence-corrected chi connectivity index (χ3v) is 4.84. The molecule has 0 saturated heterocycles. The van der Waals surface area contributed by atoms with Crippen LogP contribution in [0.3, 0.4) is 0 Å². The van der Waals surface area contributed by atoms with E-state index in [-0.39, 0.29) is 0 Å². The molecule has 3 rings (SSSR count). The number of hydrogen-bond acceptors (Lipinski definition) is 5. The summed E-state index contributed by atoms with van der Waals surface area (Å²) in [6.45, 7) is 3.57. The average molecular weight is 375 g/mol. The molecule has 0 aliphatic rings. The van der Waals surface area contributed by atoms with E-state index in [0.717, 1.165) is 41.0 Å². The second-order valence-electron chi connectivity index (χ2n) is 5.29. The largest absolute Gasteiger partial charge is 0.494 e. The molecule has 0 unspecified atom stereocenters. The first kappa shape index (κ1) is 17.8. The highest BCUT2D eigenvalue weighted by Gasteiger charge is 2.12. The molecule has 0 N–H and O–H groups in total. The van der Waals surface area contributed by atoms with E-state index in [0.29, 0.717) is 11.6 Å². The smallest absolute Gasteiger partial charge is 0.191 e. The molecule has 1 aromatic carbocycles. The lowest BCUT2D eigenvalue weighted by Crippen LogP contribution is -2.02. The predicted octanol–water partition coefficient (Wildman–Crippen LogP) is 4.57. The van der Waals surface area contributed by atoms with E-state index >= 15 is 0 Å². The zero-order valence-electron chi connectivity index (χ0n) is 13.9. The number of rotatable bonds is 8. The number of hydrogen-bond donors (Lipinski definition) is 0. The highest BCUT2D eigenvalue weighted by atomic mass is 35.5. The molecule has 2 aromatic heterocycles. The van der Waals surface area contributed by atoms with E-state index < -0.39 is 0 Å². The molecule has 0 amide bonds. The molecule has 0 aliphatic heterocycles. The first-order chi connectivity index (χ1) is 12.3. The van der Waals surface area contributed by atoms with E-state index in [1.54, 1.807) is 24.2 Å². The van der Waals surface area contributed by atoms with Crippen molar-refractivity contribution in [3.05, 3.63) is 53.8 Å². The lowest BCUT2D eigenvalue weighted by molar-refractivity contribution is 0.318. The second kappa shape index (κ2) is 8.87. The number of halogens is 1. The summed E-state index contributed by atoms with van der Waals surface area (Å²) in [5.74, 6) is 2.59. The minimum absolute atomic E-state index is 0.644. The van der Waals surface area contributed by atoms with Gasteiger partial charge in [0.2, 0.25) is 0 Å². The van der Waals surface area contributed by atoms with Gasteiger partial charge in [-0.1, -0.05) is 29.4 Å². The Kier molecular flexibility index (Phi) is 6.30. The molecule has 5 nitrogen and oxygen atoms in total. The molecule has 0 saturated carbocycles. The Balaban J connectivity index is 1.52. The van der Waals surface area contributed by atoms with Crippen molar-refractivity contribution in [1.82, 2.24) is 19.7 Å². The Hall–Kier alpha value is -2.05. The van der Waals surface area contributed by atoms with Crippen LogP contribution >= 0.6 is 23.4 Å². The fraction of sp³-hybridized carbons (Fsp3) is 0.278. The molecular weight excluding hydrogens is 356 g/mol. The Morgan fingerprint density at radius 1 is 1.16 bits per heavy atom. The molecule has 7 heteroatoms. The first-order valence-corrected chi connectivity index (χ1v) is 9.49. The van der Waals surface area contributed by atoms with Gasteiger partial charge in [0.15, 0.2) is 11.0 Å². The summed E-state index contributed by atoms with van der Waals surface area (Å²) < 4.78 is 7.83. The minimum atomic E-state index is 0.644. The fourth-order valence-corrected chi connectivity index (χ4v) is 3.46. The van der Waals surface area contributed by atoms with E-state index in [1.807, 2.05) is 36.4 Å². The Morgan fingerprint density at radius 2 is 2.00 bits per heavy atom. The van der Waals surface area contributed by atoms with Crippen molar-refractivity contribution in [2.75, 3.05) is 12.4 Å². The first-order valence-electron chi connectivity index (χ1n) is 8.12. The molecule has 0 bridgehead atoms. The highest BCUT2D eigenvalue weighted by molar-refractivity contribution is 7.99. The fourth-order valence-electron chi connectivity index (χ4n) is 2.36. The number of pyridine rings is 1. The van der Waals surface area contributed by atoms with Gasteiger partial charge in [0.1, 0.15) is 5.75 Å². The number of thioether (sulfide) groups is 1. The molecular formula is C18H19ClN4OS. The van der Waals surface area contributed by atoms with Gasteiger partial charge < -0.3 is 9.30 Å². The van der Waals surface area contributed by atoms with E-state index in [1.165, 1.54) is 0 Å². The van der Waals surface area contributed by atoms with Crippen molar-refractivity contribution in [3.63, 3.8) is 0 Å². The third kappa shape index (κ3) is 4.74. The summed E-state index contributed by atoms with van der Waals surface area (Å²) in [5, 5.41) is 10.3. The summed E-state index contributed by atoms with van der Waals surface area (Å²) in [6, 6.07) is 11.4. The maximum absolute atomic E-state index is 5.95. The maximum Gasteiger partial charge on any atom is 0.191 e. The van der Waals surface area contributed by atoms with Crippen LogP contribution in [0.4, 0.5) is 0 Å². The maximum atomic E-state index is 5.95. The summed E-state index contributed by atoms with van der Waals surface area (Å²) in [4.78, 5) is 4.05. The molecule has 25 heavy (non-hydrogen) atoms. The van der Waals surface area contributed by atoms with Crippen LogP contribution in [-0.4, -0.2) is 32.1 Å². The van der Waals surface area contributed by atoms with Gasteiger partial charge in [0, 0.05) is 35.3 Å². The highest BCUT2D eigenvalue weighted by Crippen LogP contribution is 2.24. The molecule has 2 heterocycles. The average Bonchev–Trinajstić information content (AvgIpc) is 3.05. The summed E-state index contributed by atoms with van der Waals surface area (Å²) in [6.07, 6.45) is 4.45. The van der Waals surface area contributed by atoms with Crippen LogP contribution in [0.2, 0.25) is 5.02 Å². The standard InChI is InChI=1S/C18H19ClN4OS/c1-2-23-17(14-7-9-20-10-8-14)21-22-18(23)25-12-4-11-24-16-6-3-5-15(19)13-16/h3,5-10,13H,2,4,11-12H2,1H3. The van der Waals surface area contributed by atoms with Crippen LogP contribution in [0.15, 0.2) is 53.9 Å². The van der Waals surface area contributed by atoms with E-state index in [2.05, 4.69) is 26.7 Å². The lowest BCUT2D eigenvalue weighted by Gasteiger charge is -2.08. The van der Waals surface area contributed by atoms with Gasteiger partial charge in [0.05, 0.1) is 6.61 Å². The Bertz CT molecular complexity index is 810. The SMILES string of the molecule is CCn1c(SCCCOc2cccc(Cl)c2)nnc1-c1ccncc1. The summed E-state index contributed by atoms with van der Waals surface area (Å²) >= 11 is 7.64. The van der Waals surface area contributed by atoms with Gasteiger partial charge in [0.25, 0.3) is 0 Å². The van der Waals surface area contributed by atoms with Crippen molar-refractivity contribution in [3.8, 4) is 17.1 Å². The van der Waals surface area contributed by atoms with E-state index in [4.69, 9.17) is 16.3 Å². The molecule has 3 aromatic rings. The Labute approximate surface area is 156 Å². The summed E-state index contributed by atoms with van der Waals surface area (Å²) in [5.41, 5.74) is 1.03. The van der Waals surface area contributed by atoms with Crippen LogP contribution in [0.1, 0.15) is 13.3 Å². The summed E-state index contributed by atoms with van der Waals surface area (Å²) in [7, 11) is 0. The number of aromatic nitrogens is 4. The minimum Gasteiger partial charge on any atom is -0.494 e. The van der Waals surface area contributed by atoms with Gasteiger partial charge in [-0.15, -0.1) is 10.2 Å². The number of ether oxygens (including phenoxy) is 1. The lowest BCUT2D eigenvalue weighted by atomic mass is 10.2. The molecule has 0 spiro atoms. The van der Waals surface area contributed by atoms with Crippen LogP contribution in [-0.2, 0) is 6.54 Å². The third-order valence-electron chi connectivity index (χ3n) is 3.56. The quantitative estimate of drug-likeness (QED) is 0.427. The topological polar surface area (TPSA) is 52.8 Å². The van der Waals surface area contributed by atoms with Crippen LogP contribution < -0.4 is 4.74 Å². The van der Waals surface area contributed by atoms with Gasteiger partial charge in [-0.25, -0.2) is 0 Å². The van der Waals surface area contributed by atoms with Gasteiger partial charge in [-0.2, -0.15) is 0 Å². The predicted molar refractivity (Wildman–Crippen MR) is 101 cm³/mol. The molecule has 0 aliphatic carbocycles. The zero-order valence-corrected chi connectivity index (χ0v) is 15.5. The van der Waals surface area contributed by atoms with Crippen molar-refractivity contribution in [1.29, 1.82) is 0 Å². The number of nitrogens with zero attached hydrogens (tertiary/aromatic N) is 4. The number of benzene rings is 1. The van der Waals surface area contributed by atoms with Crippen molar-refractivity contribution in [2.45, 2.75) is 25.0 Å². The van der Waals surface area contributed by atoms with E-state index in [9.17, 15) is 0 Å². The monoisotopic (exact) mass is 374 g/mol. The Morgan fingerprint density at radius 3 is 2.76 bits per heavy atom. The molecule has 0 fully saturated rings. The van der Waals surface area contributed by atoms with Crippen LogP contribution in [0.25, 0.3) is 11.4 Å². The van der Waals surface area contributed by atoms with Crippen LogP contribution in [0.5, 0.6) is 5.75 Å². The molecule has 0 atom stereocenters. The molecule has 0 radical (unpaired) electrons. The second-order valence-corrected chi connectivity index (χ2v) is 6.79. The normalized spacial score (nSPS) is 10.8. The van der Waals surface area contributed by atoms with Crippen molar-refractivity contribution < 1.29 is 4.74 Å². The molecule has 130 valence electrons. The zero-order chi connectivity index (χ0) is 17.5. The van der Waals surface area contributed by atoms with Crippen LogP contribution in [0, 0.1) is 0 Å².